The molecule has 1 aliphatic rings. The highest BCUT2D eigenvalue weighted by atomic mass is 32.1. The number of rotatable bonds is 7. The molecule has 3 rings (SSSR count). The van der Waals surface area contributed by atoms with Gasteiger partial charge in [0.25, 0.3) is 0 Å². The fourth-order valence-corrected chi connectivity index (χ4v) is 4.52. The van der Waals surface area contributed by atoms with E-state index in [4.69, 9.17) is 0 Å². The van der Waals surface area contributed by atoms with Gasteiger partial charge in [0.2, 0.25) is 0 Å². The van der Waals surface area contributed by atoms with Crippen molar-refractivity contribution in [2.24, 2.45) is 0 Å². The van der Waals surface area contributed by atoms with Crippen molar-refractivity contribution in [2.75, 3.05) is 0 Å². The van der Waals surface area contributed by atoms with E-state index in [1.165, 1.54) is 50.1 Å². The molecule has 1 heterocycles. The molecular weight excluding hydrogens is 368 g/mol. The van der Waals surface area contributed by atoms with E-state index in [0.717, 1.165) is 12.0 Å². The van der Waals surface area contributed by atoms with Crippen LogP contribution in [0.15, 0.2) is 96.2 Å². The Morgan fingerprint density at radius 2 is 1.93 bits per heavy atom. The van der Waals surface area contributed by atoms with Crippen LogP contribution in [0.3, 0.4) is 0 Å². The summed E-state index contributed by atoms with van der Waals surface area (Å²) in [7, 11) is 0. The van der Waals surface area contributed by atoms with Crippen LogP contribution >= 0.6 is 11.3 Å². The second-order valence-electron chi connectivity index (χ2n) is 7.53. The van der Waals surface area contributed by atoms with Gasteiger partial charge in [0, 0.05) is 15.0 Å². The van der Waals surface area contributed by atoms with E-state index in [2.05, 4.69) is 106 Å². The van der Waals surface area contributed by atoms with E-state index in [1.54, 1.807) is 0 Å². The topological polar surface area (TPSA) is 0 Å². The number of hydrogen-bond acceptors (Lipinski definition) is 1. The first kappa shape index (κ1) is 21.1. The van der Waals surface area contributed by atoms with Crippen LogP contribution in [0.5, 0.6) is 0 Å². The van der Waals surface area contributed by atoms with Gasteiger partial charge in [0.15, 0.2) is 0 Å². The Morgan fingerprint density at radius 3 is 2.76 bits per heavy atom. The molecule has 0 radical (unpaired) electrons. The molecule has 0 aliphatic heterocycles. The van der Waals surface area contributed by atoms with E-state index in [1.807, 2.05) is 11.3 Å². The van der Waals surface area contributed by atoms with Crippen molar-refractivity contribution in [1.82, 2.24) is 0 Å². The van der Waals surface area contributed by atoms with Crippen LogP contribution in [-0.4, -0.2) is 0 Å². The molecule has 0 atom stereocenters. The molecule has 0 saturated heterocycles. The van der Waals surface area contributed by atoms with Gasteiger partial charge < -0.3 is 0 Å². The average molecular weight is 399 g/mol. The SMILES string of the molecule is C=C(/C=C\C=C/Cc1ccc2sc3c(c2c1)C=CCC3)/C=C(C)/C=C\C(C)=C/C. The molecule has 1 aliphatic carbocycles. The third kappa shape index (κ3) is 5.92. The molecule has 1 aromatic heterocycles. The van der Waals surface area contributed by atoms with Crippen molar-refractivity contribution >= 4 is 27.5 Å². The number of hydrogen-bond donors (Lipinski definition) is 0. The molecule has 0 fully saturated rings. The fourth-order valence-electron chi connectivity index (χ4n) is 3.34. The number of thiophene rings is 1. The summed E-state index contributed by atoms with van der Waals surface area (Å²) in [4.78, 5) is 1.54. The zero-order valence-electron chi connectivity index (χ0n) is 17.7. The Morgan fingerprint density at radius 1 is 1.10 bits per heavy atom. The van der Waals surface area contributed by atoms with E-state index in [0.29, 0.717) is 0 Å². The summed E-state index contributed by atoms with van der Waals surface area (Å²) in [6.07, 6.45) is 24.8. The van der Waals surface area contributed by atoms with Crippen molar-refractivity contribution in [3.05, 3.63) is 112 Å². The first-order valence-electron chi connectivity index (χ1n) is 10.3. The van der Waals surface area contributed by atoms with Gasteiger partial charge in [-0.15, -0.1) is 11.3 Å². The van der Waals surface area contributed by atoms with Gasteiger partial charge in [-0.05, 0) is 68.9 Å². The smallest absolute Gasteiger partial charge is 0.0352 e. The Hall–Kier alpha value is -2.64. The number of fused-ring (bicyclic) bond motifs is 3. The third-order valence-electron chi connectivity index (χ3n) is 5.08. The van der Waals surface area contributed by atoms with Gasteiger partial charge in [-0.1, -0.05) is 84.6 Å². The van der Waals surface area contributed by atoms with E-state index >= 15 is 0 Å². The molecular formula is C28H30S. The van der Waals surface area contributed by atoms with Crippen LogP contribution in [0.25, 0.3) is 16.2 Å². The maximum absolute atomic E-state index is 4.12. The molecule has 148 valence electrons. The summed E-state index contributed by atoms with van der Waals surface area (Å²) in [5, 5.41) is 1.41. The van der Waals surface area contributed by atoms with Crippen molar-refractivity contribution in [3.8, 4) is 0 Å². The van der Waals surface area contributed by atoms with Gasteiger partial charge in [-0.25, -0.2) is 0 Å². The van der Waals surface area contributed by atoms with E-state index in [-0.39, 0.29) is 0 Å². The lowest BCUT2D eigenvalue weighted by Crippen LogP contribution is -1.87. The maximum Gasteiger partial charge on any atom is 0.0352 e. The lowest BCUT2D eigenvalue weighted by Gasteiger charge is -2.04. The quantitative estimate of drug-likeness (QED) is 0.410. The van der Waals surface area contributed by atoms with Gasteiger partial charge >= 0.3 is 0 Å². The molecule has 0 unspecified atom stereocenters. The zero-order valence-corrected chi connectivity index (χ0v) is 18.6. The first-order chi connectivity index (χ1) is 14.1. The van der Waals surface area contributed by atoms with Crippen molar-refractivity contribution < 1.29 is 0 Å². The molecule has 29 heavy (non-hydrogen) atoms. The normalized spacial score (nSPS) is 15.3. The molecule has 0 N–H and O–H groups in total. The Bertz CT molecular complexity index is 1060. The minimum atomic E-state index is 0.946. The summed E-state index contributed by atoms with van der Waals surface area (Å²) in [5.41, 5.74) is 6.28. The molecule has 0 nitrogen and oxygen atoms in total. The standard InChI is InChI=1S/C28H30S/c1-5-21(2)15-16-23(4)19-22(3)11-7-6-8-12-24-17-18-28-26(20-24)25-13-9-10-14-27(25)29-28/h5-9,11,13,15-20H,3,10,12,14H2,1-2,4H3/b8-6-,11-7-,16-15-,21-5-,23-19+. The second kappa shape index (κ2) is 10.2. The van der Waals surface area contributed by atoms with Crippen LogP contribution in [0.4, 0.5) is 0 Å². The molecule has 0 amide bonds. The van der Waals surface area contributed by atoms with Crippen molar-refractivity contribution in [2.45, 2.75) is 40.0 Å². The summed E-state index contributed by atoms with van der Waals surface area (Å²) in [6, 6.07) is 6.90. The number of aryl methyl sites for hydroxylation is 1. The lowest BCUT2D eigenvalue weighted by molar-refractivity contribution is 1.02. The summed E-state index contributed by atoms with van der Waals surface area (Å²) >= 11 is 1.95. The molecule has 0 spiro atoms. The van der Waals surface area contributed by atoms with E-state index < -0.39 is 0 Å². The maximum atomic E-state index is 4.12. The van der Waals surface area contributed by atoms with E-state index in [9.17, 15) is 0 Å². The highest BCUT2D eigenvalue weighted by Crippen LogP contribution is 2.36. The van der Waals surface area contributed by atoms with Gasteiger partial charge in [0.1, 0.15) is 0 Å². The predicted octanol–water partition coefficient (Wildman–Crippen LogP) is 8.54. The van der Waals surface area contributed by atoms with Crippen molar-refractivity contribution in [3.63, 3.8) is 0 Å². The largest absolute Gasteiger partial charge is 0.140 e. The third-order valence-corrected chi connectivity index (χ3v) is 6.33. The average Bonchev–Trinajstić information content (AvgIpc) is 3.09. The first-order valence-corrected chi connectivity index (χ1v) is 11.1. The highest BCUT2D eigenvalue weighted by Gasteiger charge is 2.12. The number of allylic oxidation sites excluding steroid dienone is 12. The fraction of sp³-hybridized carbons (Fsp3) is 0.214. The summed E-state index contributed by atoms with van der Waals surface area (Å²) < 4.78 is 1.41. The van der Waals surface area contributed by atoms with Crippen LogP contribution in [0.2, 0.25) is 0 Å². The molecule has 2 aromatic rings. The zero-order chi connectivity index (χ0) is 20.6. The van der Waals surface area contributed by atoms with Crippen LogP contribution < -0.4 is 0 Å². The predicted molar refractivity (Wildman–Crippen MR) is 133 cm³/mol. The lowest BCUT2D eigenvalue weighted by atomic mass is 10.0. The molecule has 0 bridgehead atoms. The monoisotopic (exact) mass is 398 g/mol. The van der Waals surface area contributed by atoms with Gasteiger partial charge in [-0.2, -0.15) is 0 Å². The molecule has 1 aromatic carbocycles. The molecule has 0 saturated carbocycles. The minimum absolute atomic E-state index is 0.946. The second-order valence-corrected chi connectivity index (χ2v) is 8.67. The van der Waals surface area contributed by atoms with Crippen LogP contribution in [0.1, 0.15) is 43.2 Å². The van der Waals surface area contributed by atoms with Gasteiger partial charge in [-0.3, -0.25) is 0 Å². The highest BCUT2D eigenvalue weighted by molar-refractivity contribution is 7.19. The van der Waals surface area contributed by atoms with Crippen molar-refractivity contribution in [1.29, 1.82) is 0 Å². The molecule has 1 heteroatoms. The number of benzene rings is 1. The van der Waals surface area contributed by atoms with Crippen LogP contribution in [-0.2, 0) is 12.8 Å². The Balaban J connectivity index is 1.58. The minimum Gasteiger partial charge on any atom is -0.140 e. The summed E-state index contributed by atoms with van der Waals surface area (Å²) in [6.45, 7) is 10.4. The van der Waals surface area contributed by atoms with Gasteiger partial charge in [0.05, 0.1) is 0 Å². The Labute approximate surface area is 179 Å². The van der Waals surface area contributed by atoms with Crippen LogP contribution in [0, 0.1) is 0 Å². The summed E-state index contributed by atoms with van der Waals surface area (Å²) in [5.74, 6) is 0. The Kier molecular flexibility index (Phi) is 7.43.